The zero-order valence-corrected chi connectivity index (χ0v) is 16.4. The van der Waals surface area contributed by atoms with E-state index in [2.05, 4.69) is 25.6 Å². The molecule has 0 aliphatic rings. The molecule has 1 N–H and O–H groups in total. The number of rotatable bonds is 4. The Morgan fingerprint density at radius 3 is 2.65 bits per heavy atom. The fourth-order valence-corrected chi connectivity index (χ4v) is 5.79. The van der Waals surface area contributed by atoms with Crippen molar-refractivity contribution in [2.75, 3.05) is 4.72 Å². The van der Waals surface area contributed by atoms with E-state index in [9.17, 15) is 8.42 Å². The van der Waals surface area contributed by atoms with Crippen molar-refractivity contribution in [3.05, 3.63) is 50.1 Å². The summed E-state index contributed by atoms with van der Waals surface area (Å²) in [5, 5.41) is 2.90. The van der Waals surface area contributed by atoms with E-state index in [1.165, 1.54) is 11.3 Å². The van der Waals surface area contributed by atoms with Gasteiger partial charge in [0.25, 0.3) is 10.0 Å². The standard InChI is InChI=1S/C15H13BrN2O2S3/c1-9-15(7-14(22-9)13-8-21-10(2)17-13)23(19,20)18-12-5-3-4-11(16)6-12/h3-8,18H,1-2H3. The Morgan fingerprint density at radius 1 is 1.22 bits per heavy atom. The van der Waals surface area contributed by atoms with E-state index in [0.29, 0.717) is 10.6 Å². The van der Waals surface area contributed by atoms with E-state index in [1.54, 1.807) is 35.6 Å². The Balaban J connectivity index is 1.95. The zero-order valence-electron chi connectivity index (χ0n) is 12.3. The molecule has 8 heteroatoms. The summed E-state index contributed by atoms with van der Waals surface area (Å²) in [4.78, 5) is 6.32. The fourth-order valence-electron chi connectivity index (χ4n) is 2.10. The van der Waals surface area contributed by atoms with Gasteiger partial charge in [-0.15, -0.1) is 22.7 Å². The number of thiophene rings is 1. The molecule has 23 heavy (non-hydrogen) atoms. The molecule has 0 atom stereocenters. The average molecular weight is 429 g/mol. The second-order valence-corrected chi connectivity index (χ2v) is 9.78. The van der Waals surface area contributed by atoms with Crippen LogP contribution < -0.4 is 4.72 Å². The molecule has 0 amide bonds. The minimum atomic E-state index is -3.63. The summed E-state index contributed by atoms with van der Waals surface area (Å²) in [7, 11) is -3.63. The van der Waals surface area contributed by atoms with Gasteiger partial charge in [-0.05, 0) is 38.1 Å². The first-order valence-corrected chi connectivity index (χ1v) is 10.6. The molecular weight excluding hydrogens is 416 g/mol. The molecule has 0 aliphatic heterocycles. The Kier molecular flexibility index (Phi) is 4.59. The largest absolute Gasteiger partial charge is 0.280 e. The molecule has 0 aliphatic carbocycles. The van der Waals surface area contributed by atoms with E-state index in [4.69, 9.17) is 0 Å². The van der Waals surface area contributed by atoms with E-state index >= 15 is 0 Å². The highest BCUT2D eigenvalue weighted by Crippen LogP contribution is 2.34. The molecule has 1 aromatic carbocycles. The molecule has 0 radical (unpaired) electrons. The van der Waals surface area contributed by atoms with Crippen molar-refractivity contribution >= 4 is 54.3 Å². The van der Waals surface area contributed by atoms with Crippen LogP contribution in [0, 0.1) is 13.8 Å². The van der Waals surface area contributed by atoms with Crippen LogP contribution in [0.4, 0.5) is 5.69 Å². The number of aryl methyl sites for hydroxylation is 2. The number of nitrogens with zero attached hydrogens (tertiary/aromatic N) is 1. The van der Waals surface area contributed by atoms with Gasteiger partial charge in [0.15, 0.2) is 0 Å². The van der Waals surface area contributed by atoms with Crippen LogP contribution in [0.1, 0.15) is 9.88 Å². The topological polar surface area (TPSA) is 59.1 Å². The number of thiazole rings is 1. The highest BCUT2D eigenvalue weighted by atomic mass is 79.9. The Morgan fingerprint density at radius 2 is 2.00 bits per heavy atom. The maximum atomic E-state index is 12.6. The number of aromatic nitrogens is 1. The molecule has 0 fully saturated rings. The molecule has 2 heterocycles. The van der Waals surface area contributed by atoms with E-state index in [1.807, 2.05) is 25.3 Å². The van der Waals surface area contributed by atoms with Crippen LogP contribution in [0.15, 0.2) is 45.1 Å². The fraction of sp³-hybridized carbons (Fsp3) is 0.133. The molecule has 3 aromatic rings. The summed E-state index contributed by atoms with van der Waals surface area (Å²) in [6.45, 7) is 3.74. The summed E-state index contributed by atoms with van der Waals surface area (Å²) < 4.78 is 28.7. The quantitative estimate of drug-likeness (QED) is 0.631. The van der Waals surface area contributed by atoms with Crippen molar-refractivity contribution in [2.45, 2.75) is 18.7 Å². The first-order valence-electron chi connectivity index (χ1n) is 6.66. The van der Waals surface area contributed by atoms with Gasteiger partial charge in [-0.3, -0.25) is 4.72 Å². The Labute approximate surface area is 151 Å². The minimum Gasteiger partial charge on any atom is -0.280 e. The number of hydrogen-bond donors (Lipinski definition) is 1. The van der Waals surface area contributed by atoms with Crippen LogP contribution in [0.25, 0.3) is 10.6 Å². The summed E-state index contributed by atoms with van der Waals surface area (Å²) in [6.07, 6.45) is 0. The van der Waals surface area contributed by atoms with Gasteiger partial charge in [-0.25, -0.2) is 13.4 Å². The summed E-state index contributed by atoms with van der Waals surface area (Å²) >= 11 is 6.33. The molecule has 4 nitrogen and oxygen atoms in total. The van der Waals surface area contributed by atoms with E-state index in [0.717, 1.165) is 24.9 Å². The first kappa shape index (κ1) is 16.6. The van der Waals surface area contributed by atoms with Crippen LogP contribution in [-0.2, 0) is 10.0 Å². The second-order valence-electron chi connectivity index (χ2n) is 4.90. The van der Waals surface area contributed by atoms with Gasteiger partial charge in [0.1, 0.15) is 4.90 Å². The van der Waals surface area contributed by atoms with Gasteiger partial charge in [0.2, 0.25) is 0 Å². The third kappa shape index (κ3) is 3.65. The molecule has 0 saturated carbocycles. The maximum Gasteiger partial charge on any atom is 0.263 e. The van der Waals surface area contributed by atoms with Crippen molar-refractivity contribution in [3.63, 3.8) is 0 Å². The number of sulfonamides is 1. The van der Waals surface area contributed by atoms with Crippen molar-refractivity contribution in [2.24, 2.45) is 0 Å². The number of anilines is 1. The van der Waals surface area contributed by atoms with Crippen LogP contribution in [0.5, 0.6) is 0 Å². The molecule has 0 bridgehead atoms. The normalized spacial score (nSPS) is 11.6. The SMILES string of the molecule is Cc1nc(-c2cc(S(=O)(=O)Nc3cccc(Br)c3)c(C)s2)cs1. The number of halogens is 1. The van der Waals surface area contributed by atoms with Crippen LogP contribution in [-0.4, -0.2) is 13.4 Å². The Hall–Kier alpha value is -1.22. The monoisotopic (exact) mass is 428 g/mol. The highest BCUT2D eigenvalue weighted by molar-refractivity contribution is 9.10. The summed E-state index contributed by atoms with van der Waals surface area (Å²) in [5.41, 5.74) is 1.35. The van der Waals surface area contributed by atoms with Crippen LogP contribution >= 0.6 is 38.6 Å². The number of benzene rings is 1. The van der Waals surface area contributed by atoms with Gasteiger partial charge in [-0.2, -0.15) is 0 Å². The predicted molar refractivity (Wildman–Crippen MR) is 99.9 cm³/mol. The number of hydrogen-bond acceptors (Lipinski definition) is 5. The van der Waals surface area contributed by atoms with Gasteiger partial charge >= 0.3 is 0 Å². The Bertz CT molecular complexity index is 961. The molecular formula is C15H13BrN2O2S3. The first-order chi connectivity index (χ1) is 10.8. The molecule has 0 saturated heterocycles. The van der Waals surface area contributed by atoms with Crippen molar-refractivity contribution in [1.82, 2.24) is 4.98 Å². The van der Waals surface area contributed by atoms with Gasteiger partial charge in [-0.1, -0.05) is 22.0 Å². The van der Waals surface area contributed by atoms with E-state index in [-0.39, 0.29) is 0 Å². The van der Waals surface area contributed by atoms with E-state index < -0.39 is 10.0 Å². The molecule has 120 valence electrons. The second kappa shape index (κ2) is 6.35. The molecule has 3 rings (SSSR count). The van der Waals surface area contributed by atoms with Crippen LogP contribution in [0.2, 0.25) is 0 Å². The smallest absolute Gasteiger partial charge is 0.263 e. The van der Waals surface area contributed by atoms with Crippen molar-refractivity contribution in [1.29, 1.82) is 0 Å². The third-order valence-electron chi connectivity index (χ3n) is 3.11. The highest BCUT2D eigenvalue weighted by Gasteiger charge is 2.21. The summed E-state index contributed by atoms with van der Waals surface area (Å²) in [5.74, 6) is 0. The third-order valence-corrected chi connectivity index (χ3v) is 7.09. The molecule has 2 aromatic heterocycles. The zero-order chi connectivity index (χ0) is 16.6. The summed E-state index contributed by atoms with van der Waals surface area (Å²) in [6, 6.07) is 8.76. The molecule has 0 spiro atoms. The minimum absolute atomic E-state index is 0.295. The van der Waals surface area contributed by atoms with Gasteiger partial charge in [0, 0.05) is 20.4 Å². The van der Waals surface area contributed by atoms with Crippen molar-refractivity contribution < 1.29 is 8.42 Å². The maximum absolute atomic E-state index is 12.6. The van der Waals surface area contributed by atoms with Crippen molar-refractivity contribution in [3.8, 4) is 10.6 Å². The van der Waals surface area contributed by atoms with Gasteiger partial charge in [0.05, 0.1) is 15.6 Å². The number of nitrogens with one attached hydrogen (secondary N) is 1. The lowest BCUT2D eigenvalue weighted by Gasteiger charge is -2.07. The van der Waals surface area contributed by atoms with Gasteiger partial charge < -0.3 is 0 Å². The lowest BCUT2D eigenvalue weighted by molar-refractivity contribution is 0.601. The lowest BCUT2D eigenvalue weighted by atomic mass is 10.3. The molecule has 0 unspecified atom stereocenters. The predicted octanol–water partition coefficient (Wildman–Crippen LogP) is 5.05. The average Bonchev–Trinajstić information content (AvgIpc) is 3.04. The lowest BCUT2D eigenvalue weighted by Crippen LogP contribution is -2.13. The van der Waals surface area contributed by atoms with Crippen LogP contribution in [0.3, 0.4) is 0 Å².